The monoisotopic (exact) mass is 658 g/mol. The molecular weight excluding hydrogens is 615 g/mol. The normalized spacial score (nSPS) is 15.6. The van der Waals surface area contributed by atoms with E-state index in [-0.39, 0.29) is 43.2 Å². The highest BCUT2D eigenvalue weighted by Gasteiger charge is 2.13. The molecule has 2 aromatic heterocycles. The molecule has 7 aromatic carbocycles. The summed E-state index contributed by atoms with van der Waals surface area (Å²) in [5.74, 6) is 0.171. The van der Waals surface area contributed by atoms with Crippen LogP contribution in [0.15, 0.2) is 176 Å². The Morgan fingerprint density at radius 2 is 0.837 bits per heavy atom. The molecule has 0 saturated carbocycles. The van der Waals surface area contributed by atoms with E-state index in [2.05, 4.69) is 9.97 Å². The van der Waals surface area contributed by atoms with E-state index in [1.807, 2.05) is 60.7 Å². The molecule has 0 atom stereocenters. The van der Waals surface area contributed by atoms with Gasteiger partial charge < -0.3 is 0 Å². The predicted octanol–water partition coefficient (Wildman–Crippen LogP) is 12.2. The number of fused-ring (bicyclic) bond motifs is 3. The van der Waals surface area contributed by atoms with Crippen LogP contribution in [-0.4, -0.2) is 15.0 Å². The molecule has 0 saturated heterocycles. The third kappa shape index (κ3) is 5.69. The van der Waals surface area contributed by atoms with Crippen LogP contribution in [0.2, 0.25) is 0 Å². The van der Waals surface area contributed by atoms with Crippen LogP contribution in [0.1, 0.15) is 20.6 Å². The number of hydrogen-bond acceptors (Lipinski definition) is 4. The number of aromatic nitrogens is 3. The topological polar surface area (TPSA) is 38.7 Å². The molecule has 0 amide bonds. The minimum atomic E-state index is -0.809. The molecule has 0 spiro atoms. The standard InChI is InChI=1S/C45H29N3S/c1-3-10-30(11-4-1)31-18-22-34(23-19-31)44-46-43(33-12-5-2-6-13-33)47-45(48-44)35-24-20-32(21-25-35)36-14-9-15-37(28-36)38-26-27-40-39-16-7-8-17-41(39)49-42(40)29-38/h1-29H/i7D,8D,9D,14D,15D,16D,17D,20D,21D,24D,25D,26D,27D,28D,29D. The fourth-order valence-electron chi connectivity index (χ4n) is 5.34. The van der Waals surface area contributed by atoms with Gasteiger partial charge in [-0.25, -0.2) is 15.0 Å². The Morgan fingerprint density at radius 3 is 1.55 bits per heavy atom. The Hall–Kier alpha value is -6.23. The molecule has 230 valence electrons. The van der Waals surface area contributed by atoms with Crippen LogP contribution in [-0.2, 0) is 0 Å². The fourth-order valence-corrected chi connectivity index (χ4v) is 6.31. The average molecular weight is 659 g/mol. The van der Waals surface area contributed by atoms with Crippen molar-refractivity contribution in [3.8, 4) is 67.5 Å². The lowest BCUT2D eigenvalue weighted by Crippen LogP contribution is -2.00. The molecule has 9 aromatic rings. The molecule has 0 N–H and O–H groups in total. The van der Waals surface area contributed by atoms with Gasteiger partial charge in [0.15, 0.2) is 17.5 Å². The highest BCUT2D eigenvalue weighted by molar-refractivity contribution is 7.25. The van der Waals surface area contributed by atoms with Crippen molar-refractivity contribution in [3.05, 3.63) is 176 Å². The van der Waals surface area contributed by atoms with Crippen LogP contribution < -0.4 is 0 Å². The quantitative estimate of drug-likeness (QED) is 0.178. The molecule has 3 nitrogen and oxygen atoms in total. The second-order valence-electron chi connectivity index (χ2n) is 10.9. The summed E-state index contributed by atoms with van der Waals surface area (Å²) in [6.07, 6.45) is 0. The summed E-state index contributed by atoms with van der Waals surface area (Å²) in [7, 11) is 0. The zero-order valence-electron chi connectivity index (χ0n) is 40.3. The van der Waals surface area contributed by atoms with Gasteiger partial charge in [-0.05, 0) is 51.5 Å². The van der Waals surface area contributed by atoms with Crippen LogP contribution in [0.5, 0.6) is 0 Å². The SMILES string of the molecule is [2H]c1c([2H])c(-c2c([2H])c([2H])c(-c3nc(-c4ccccc4)nc(-c4ccc(-c5ccccc5)cc4)n3)c([2H])c2[2H])c([2H])c(-c2c([2H])c([2H])c3c(sc4c([2H])c([2H])c([2H])c([2H])c43)c2[2H])c1[2H]. The average Bonchev–Trinajstić information content (AvgIpc) is 3.72. The predicted molar refractivity (Wildman–Crippen MR) is 205 cm³/mol. The number of benzene rings is 7. The number of nitrogens with zero attached hydrogens (tertiary/aromatic N) is 3. The Morgan fingerprint density at radius 1 is 0.347 bits per heavy atom. The third-order valence-corrected chi connectivity index (χ3v) is 8.80. The van der Waals surface area contributed by atoms with Gasteiger partial charge in [-0.2, -0.15) is 0 Å². The van der Waals surface area contributed by atoms with Gasteiger partial charge in [0.25, 0.3) is 0 Å². The Balaban J connectivity index is 1.25. The molecule has 2 heterocycles. The molecule has 0 radical (unpaired) electrons. The minimum Gasteiger partial charge on any atom is -0.208 e. The van der Waals surface area contributed by atoms with E-state index in [0.717, 1.165) is 22.5 Å². The second-order valence-corrected chi connectivity index (χ2v) is 11.9. The highest BCUT2D eigenvalue weighted by Crippen LogP contribution is 2.37. The largest absolute Gasteiger partial charge is 0.208 e. The van der Waals surface area contributed by atoms with Crippen molar-refractivity contribution in [1.29, 1.82) is 0 Å². The first-order valence-corrected chi connectivity index (χ1v) is 16.0. The van der Waals surface area contributed by atoms with E-state index in [9.17, 15) is 8.22 Å². The van der Waals surface area contributed by atoms with Crippen molar-refractivity contribution in [3.63, 3.8) is 0 Å². The molecule has 9 rings (SSSR count). The third-order valence-electron chi connectivity index (χ3n) is 7.78. The summed E-state index contributed by atoms with van der Waals surface area (Å²) in [4.78, 5) is 14.0. The lowest BCUT2D eigenvalue weighted by Gasteiger charge is -2.10. The van der Waals surface area contributed by atoms with Gasteiger partial charge in [-0.15, -0.1) is 11.3 Å². The van der Waals surface area contributed by atoms with Gasteiger partial charge in [0.1, 0.15) is 0 Å². The zero-order valence-corrected chi connectivity index (χ0v) is 26.1. The number of rotatable bonds is 6. The van der Waals surface area contributed by atoms with Crippen molar-refractivity contribution in [1.82, 2.24) is 15.0 Å². The first kappa shape index (κ1) is 17.3. The zero-order chi connectivity index (χ0) is 45.6. The van der Waals surface area contributed by atoms with Gasteiger partial charge in [-0.1, -0.05) is 157 Å². The van der Waals surface area contributed by atoms with Gasteiger partial charge in [0.2, 0.25) is 0 Å². The number of thiophene rings is 1. The Bertz CT molecular complexity index is 3410. The molecule has 0 aliphatic rings. The summed E-state index contributed by atoms with van der Waals surface area (Å²) < 4.78 is 134. The molecular formula is C45H29N3S. The summed E-state index contributed by atoms with van der Waals surface area (Å²) >= 11 is 0.776. The maximum absolute atomic E-state index is 9.39. The van der Waals surface area contributed by atoms with Gasteiger partial charge in [0.05, 0.1) is 20.6 Å². The molecule has 0 bridgehead atoms. The van der Waals surface area contributed by atoms with E-state index < -0.39 is 113 Å². The maximum Gasteiger partial charge on any atom is 0.164 e. The van der Waals surface area contributed by atoms with Crippen LogP contribution in [0.25, 0.3) is 87.7 Å². The first-order chi connectivity index (χ1) is 30.5. The van der Waals surface area contributed by atoms with Gasteiger partial charge in [-0.3, -0.25) is 0 Å². The van der Waals surface area contributed by atoms with Crippen LogP contribution in [0.3, 0.4) is 0 Å². The molecule has 4 heteroatoms. The van der Waals surface area contributed by atoms with Crippen LogP contribution >= 0.6 is 11.3 Å². The molecule has 0 unspecified atom stereocenters. The van der Waals surface area contributed by atoms with Crippen LogP contribution in [0.4, 0.5) is 0 Å². The van der Waals surface area contributed by atoms with Gasteiger partial charge in [0, 0.05) is 36.9 Å². The van der Waals surface area contributed by atoms with Crippen molar-refractivity contribution in [2.45, 2.75) is 0 Å². The van der Waals surface area contributed by atoms with E-state index in [0.29, 0.717) is 11.1 Å². The second kappa shape index (κ2) is 12.4. The molecule has 49 heavy (non-hydrogen) atoms. The summed E-state index contributed by atoms with van der Waals surface area (Å²) in [6, 6.07) is 16.5. The minimum absolute atomic E-state index is 0.0333. The van der Waals surface area contributed by atoms with E-state index in [4.69, 9.17) is 17.3 Å². The van der Waals surface area contributed by atoms with Gasteiger partial charge >= 0.3 is 0 Å². The van der Waals surface area contributed by atoms with E-state index in [1.54, 1.807) is 24.3 Å². The van der Waals surface area contributed by atoms with Crippen molar-refractivity contribution in [2.24, 2.45) is 0 Å². The molecule has 0 aliphatic carbocycles. The summed E-state index contributed by atoms with van der Waals surface area (Å²) in [6.45, 7) is 0. The summed E-state index contributed by atoms with van der Waals surface area (Å²) in [5.41, 5.74) is 0.607. The maximum atomic E-state index is 9.39. The number of hydrogen-bond donors (Lipinski definition) is 0. The molecule has 0 aliphatic heterocycles. The highest BCUT2D eigenvalue weighted by atomic mass is 32.1. The van der Waals surface area contributed by atoms with E-state index in [1.165, 1.54) is 0 Å². The first-order valence-electron chi connectivity index (χ1n) is 22.6. The van der Waals surface area contributed by atoms with Crippen LogP contribution in [0, 0.1) is 0 Å². The lowest BCUT2D eigenvalue weighted by molar-refractivity contribution is 1.07. The van der Waals surface area contributed by atoms with Crippen molar-refractivity contribution in [2.75, 3.05) is 0 Å². The Kier molecular flexibility index (Phi) is 4.37. The lowest BCUT2D eigenvalue weighted by atomic mass is 9.98. The Labute approximate surface area is 310 Å². The van der Waals surface area contributed by atoms with Crippen molar-refractivity contribution < 1.29 is 20.6 Å². The fraction of sp³-hybridized carbons (Fsp3) is 0. The summed E-state index contributed by atoms with van der Waals surface area (Å²) in [5, 5.41) is -0.153. The van der Waals surface area contributed by atoms with Crippen molar-refractivity contribution >= 4 is 31.5 Å². The molecule has 0 fully saturated rings. The van der Waals surface area contributed by atoms with E-state index >= 15 is 0 Å². The smallest absolute Gasteiger partial charge is 0.164 e.